The highest BCUT2D eigenvalue weighted by Crippen LogP contribution is 2.37. The SMILES string of the molecule is COc1cc(CNCCSc2nnnn2C)cc(Cl)c1OCc1cccnc1. The molecule has 0 saturated carbocycles. The second-order valence-electron chi connectivity index (χ2n) is 5.87. The van der Waals surface area contributed by atoms with Crippen molar-refractivity contribution in [2.24, 2.45) is 7.05 Å². The molecule has 2 aromatic heterocycles. The van der Waals surface area contributed by atoms with Crippen LogP contribution >= 0.6 is 23.4 Å². The summed E-state index contributed by atoms with van der Waals surface area (Å²) in [6, 6.07) is 7.62. The van der Waals surface area contributed by atoms with Gasteiger partial charge in [-0.3, -0.25) is 4.98 Å². The fourth-order valence-electron chi connectivity index (χ4n) is 2.45. The highest BCUT2D eigenvalue weighted by molar-refractivity contribution is 7.99. The smallest absolute Gasteiger partial charge is 0.209 e. The van der Waals surface area contributed by atoms with E-state index in [4.69, 9.17) is 21.1 Å². The van der Waals surface area contributed by atoms with Crippen LogP contribution in [0.4, 0.5) is 0 Å². The average Bonchev–Trinajstić information content (AvgIpc) is 3.12. The van der Waals surface area contributed by atoms with Gasteiger partial charge in [-0.15, -0.1) is 5.10 Å². The van der Waals surface area contributed by atoms with Crippen LogP contribution in [0.1, 0.15) is 11.1 Å². The maximum atomic E-state index is 6.43. The molecule has 148 valence electrons. The van der Waals surface area contributed by atoms with Crippen molar-refractivity contribution in [1.82, 2.24) is 30.5 Å². The number of aromatic nitrogens is 5. The number of tetrazole rings is 1. The Morgan fingerprint density at radius 1 is 1.29 bits per heavy atom. The second-order valence-corrected chi connectivity index (χ2v) is 7.34. The van der Waals surface area contributed by atoms with Crippen molar-refractivity contribution in [3.05, 3.63) is 52.8 Å². The van der Waals surface area contributed by atoms with E-state index in [1.807, 2.05) is 31.3 Å². The quantitative estimate of drug-likeness (QED) is 0.395. The number of hydrogen-bond donors (Lipinski definition) is 1. The Morgan fingerprint density at radius 3 is 2.89 bits per heavy atom. The van der Waals surface area contributed by atoms with Gasteiger partial charge in [0.05, 0.1) is 12.1 Å². The van der Waals surface area contributed by atoms with Crippen molar-refractivity contribution in [1.29, 1.82) is 0 Å². The topological polar surface area (TPSA) is 87.0 Å². The van der Waals surface area contributed by atoms with E-state index in [9.17, 15) is 0 Å². The predicted octanol–water partition coefficient (Wildman–Crippen LogP) is 2.73. The van der Waals surface area contributed by atoms with Crippen LogP contribution < -0.4 is 14.8 Å². The van der Waals surface area contributed by atoms with Crippen molar-refractivity contribution in [2.45, 2.75) is 18.3 Å². The molecule has 0 bridgehead atoms. The third kappa shape index (κ3) is 5.57. The van der Waals surface area contributed by atoms with Gasteiger partial charge in [-0.05, 0) is 34.2 Å². The van der Waals surface area contributed by atoms with Gasteiger partial charge in [0.25, 0.3) is 0 Å². The third-order valence-electron chi connectivity index (χ3n) is 3.82. The first-order chi connectivity index (χ1) is 13.7. The van der Waals surface area contributed by atoms with Crippen molar-refractivity contribution >= 4 is 23.4 Å². The molecule has 0 fully saturated rings. The number of nitrogens with one attached hydrogen (secondary N) is 1. The van der Waals surface area contributed by atoms with E-state index in [2.05, 4.69) is 25.8 Å². The number of hydrogen-bond acceptors (Lipinski definition) is 8. The number of thioether (sulfide) groups is 1. The first-order valence-corrected chi connectivity index (χ1v) is 9.97. The van der Waals surface area contributed by atoms with Crippen molar-refractivity contribution in [3.63, 3.8) is 0 Å². The van der Waals surface area contributed by atoms with Crippen LogP contribution in [0.25, 0.3) is 0 Å². The normalized spacial score (nSPS) is 10.8. The molecule has 0 aliphatic heterocycles. The number of methoxy groups -OCH3 is 1. The Kier molecular flexibility index (Phi) is 7.46. The van der Waals surface area contributed by atoms with E-state index in [1.165, 1.54) is 0 Å². The molecule has 3 rings (SSSR count). The zero-order chi connectivity index (χ0) is 19.8. The summed E-state index contributed by atoms with van der Waals surface area (Å²) in [5.74, 6) is 1.99. The predicted molar refractivity (Wildman–Crippen MR) is 108 cm³/mol. The molecule has 0 unspecified atom stereocenters. The van der Waals surface area contributed by atoms with Gasteiger partial charge < -0.3 is 14.8 Å². The molecule has 10 heteroatoms. The lowest BCUT2D eigenvalue weighted by Gasteiger charge is -2.14. The summed E-state index contributed by atoms with van der Waals surface area (Å²) in [5.41, 5.74) is 1.97. The lowest BCUT2D eigenvalue weighted by Crippen LogP contribution is -2.17. The van der Waals surface area contributed by atoms with E-state index in [-0.39, 0.29) is 0 Å². The van der Waals surface area contributed by atoms with E-state index in [1.54, 1.807) is 35.9 Å². The number of pyridine rings is 1. The van der Waals surface area contributed by atoms with Crippen molar-refractivity contribution in [2.75, 3.05) is 19.4 Å². The fraction of sp³-hybridized carbons (Fsp3) is 0.333. The molecule has 0 amide bonds. The molecule has 0 radical (unpaired) electrons. The Bertz CT molecular complexity index is 893. The molecule has 0 spiro atoms. The van der Waals surface area contributed by atoms with E-state index in [0.717, 1.165) is 28.6 Å². The van der Waals surface area contributed by atoms with Crippen LogP contribution in [0.3, 0.4) is 0 Å². The average molecular weight is 421 g/mol. The van der Waals surface area contributed by atoms with Crippen LogP contribution in [0.2, 0.25) is 5.02 Å². The largest absolute Gasteiger partial charge is 0.493 e. The van der Waals surface area contributed by atoms with Crippen molar-refractivity contribution in [3.8, 4) is 11.5 Å². The highest BCUT2D eigenvalue weighted by atomic mass is 35.5. The number of benzene rings is 1. The lowest BCUT2D eigenvalue weighted by atomic mass is 10.2. The zero-order valence-electron chi connectivity index (χ0n) is 15.6. The Balaban J connectivity index is 1.52. The number of ether oxygens (including phenoxy) is 2. The van der Waals surface area contributed by atoms with Crippen LogP contribution in [0, 0.1) is 0 Å². The van der Waals surface area contributed by atoms with Gasteiger partial charge in [-0.2, -0.15) is 0 Å². The van der Waals surface area contributed by atoms with Gasteiger partial charge in [-0.1, -0.05) is 29.4 Å². The van der Waals surface area contributed by atoms with Gasteiger partial charge in [-0.25, -0.2) is 4.68 Å². The summed E-state index contributed by atoms with van der Waals surface area (Å²) in [6.07, 6.45) is 3.48. The summed E-state index contributed by atoms with van der Waals surface area (Å²) in [5, 5.41) is 16.0. The molecule has 3 aromatic rings. The number of nitrogens with zero attached hydrogens (tertiary/aromatic N) is 5. The number of aryl methyl sites for hydroxylation is 1. The van der Waals surface area contributed by atoms with E-state index in [0.29, 0.717) is 29.7 Å². The molecule has 8 nitrogen and oxygen atoms in total. The standard InChI is InChI=1S/C18H21ClN6O2S/c1-25-18(22-23-24-25)28-7-6-21-11-14-8-15(19)17(16(9-14)26-2)27-12-13-4-3-5-20-10-13/h3-5,8-10,21H,6-7,11-12H2,1-2H3. The molecule has 0 aliphatic carbocycles. The summed E-state index contributed by atoms with van der Waals surface area (Å²) < 4.78 is 13.0. The first kappa shape index (κ1) is 20.4. The van der Waals surface area contributed by atoms with Gasteiger partial charge in [0.1, 0.15) is 6.61 Å². The summed E-state index contributed by atoms with van der Waals surface area (Å²) in [6.45, 7) is 1.84. The minimum atomic E-state index is 0.371. The molecule has 0 aliphatic rings. The number of rotatable bonds is 10. The minimum Gasteiger partial charge on any atom is -0.493 e. The van der Waals surface area contributed by atoms with Gasteiger partial charge >= 0.3 is 0 Å². The fourth-order valence-corrected chi connectivity index (χ4v) is 3.48. The third-order valence-corrected chi connectivity index (χ3v) is 5.11. The molecular weight excluding hydrogens is 400 g/mol. The maximum Gasteiger partial charge on any atom is 0.209 e. The minimum absolute atomic E-state index is 0.371. The Labute approximate surface area is 172 Å². The zero-order valence-corrected chi connectivity index (χ0v) is 17.2. The second kappa shape index (κ2) is 10.3. The monoisotopic (exact) mass is 420 g/mol. The maximum absolute atomic E-state index is 6.43. The molecule has 2 heterocycles. The summed E-state index contributed by atoms with van der Waals surface area (Å²) in [7, 11) is 3.42. The Hall–Kier alpha value is -2.36. The molecule has 0 saturated heterocycles. The van der Waals surface area contributed by atoms with Gasteiger partial charge in [0.15, 0.2) is 11.5 Å². The Morgan fingerprint density at radius 2 is 2.18 bits per heavy atom. The first-order valence-electron chi connectivity index (χ1n) is 8.61. The van der Waals surface area contributed by atoms with Gasteiger partial charge in [0, 0.05) is 43.8 Å². The lowest BCUT2D eigenvalue weighted by molar-refractivity contribution is 0.284. The number of halogens is 1. The van der Waals surface area contributed by atoms with Crippen LogP contribution in [-0.4, -0.2) is 44.6 Å². The highest BCUT2D eigenvalue weighted by Gasteiger charge is 2.12. The van der Waals surface area contributed by atoms with Gasteiger partial charge in [0.2, 0.25) is 5.16 Å². The van der Waals surface area contributed by atoms with Crippen LogP contribution in [0.15, 0.2) is 41.8 Å². The van der Waals surface area contributed by atoms with Crippen molar-refractivity contribution < 1.29 is 9.47 Å². The molecular formula is C18H21ClN6O2S. The van der Waals surface area contributed by atoms with E-state index >= 15 is 0 Å². The molecule has 1 N–H and O–H groups in total. The van der Waals surface area contributed by atoms with E-state index < -0.39 is 0 Å². The molecule has 0 atom stereocenters. The van der Waals surface area contributed by atoms with Crippen LogP contribution in [0.5, 0.6) is 11.5 Å². The summed E-state index contributed by atoms with van der Waals surface area (Å²) in [4.78, 5) is 4.08. The molecule has 1 aromatic carbocycles. The van der Waals surface area contributed by atoms with Crippen LogP contribution in [-0.2, 0) is 20.2 Å². The summed E-state index contributed by atoms with van der Waals surface area (Å²) >= 11 is 8.02. The molecule has 28 heavy (non-hydrogen) atoms.